The lowest BCUT2D eigenvalue weighted by molar-refractivity contribution is -0.330. The van der Waals surface area contributed by atoms with Gasteiger partial charge >= 0.3 is 11.9 Å². The second-order valence-corrected chi connectivity index (χ2v) is 14.8. The first-order valence-corrected chi connectivity index (χ1v) is 17.3. The van der Waals surface area contributed by atoms with Gasteiger partial charge in [-0.2, -0.15) is 0 Å². The Hall–Kier alpha value is -2.16. The third-order valence-corrected chi connectivity index (χ3v) is 13.5. The largest absolute Gasteiger partial charge is 0.462 e. The first-order chi connectivity index (χ1) is 23.0. The van der Waals surface area contributed by atoms with Crippen molar-refractivity contribution in [3.8, 4) is 0 Å². The zero-order valence-electron chi connectivity index (χ0n) is 29.0. The van der Waals surface area contributed by atoms with Crippen molar-refractivity contribution in [3.63, 3.8) is 0 Å². The van der Waals surface area contributed by atoms with Crippen LogP contribution in [0.2, 0.25) is 0 Å². The average molecular weight is 674 g/mol. The number of ether oxygens (including phenoxy) is 7. The van der Waals surface area contributed by atoms with Crippen molar-refractivity contribution in [2.45, 2.75) is 87.5 Å². The summed E-state index contributed by atoms with van der Waals surface area (Å²) in [7, 11) is 6.51. The molecule has 12 nitrogen and oxygen atoms in total. The lowest BCUT2D eigenvalue weighted by Crippen LogP contribution is -2.81. The van der Waals surface area contributed by atoms with E-state index in [1.807, 2.05) is 13.0 Å². The van der Waals surface area contributed by atoms with E-state index in [0.29, 0.717) is 31.7 Å². The van der Waals surface area contributed by atoms with Gasteiger partial charge < -0.3 is 43.4 Å². The molecule has 0 radical (unpaired) electrons. The minimum absolute atomic E-state index is 0.170. The Morgan fingerprint density at radius 1 is 0.958 bits per heavy atom. The van der Waals surface area contributed by atoms with Crippen molar-refractivity contribution in [1.82, 2.24) is 4.90 Å². The Morgan fingerprint density at radius 3 is 2.27 bits per heavy atom. The minimum Gasteiger partial charge on any atom is -0.462 e. The Balaban J connectivity index is 1.51. The average Bonchev–Trinajstić information content (AvgIpc) is 3.44. The van der Waals surface area contributed by atoms with Crippen molar-refractivity contribution in [2.24, 2.45) is 34.5 Å². The molecule has 48 heavy (non-hydrogen) atoms. The highest BCUT2D eigenvalue weighted by Crippen LogP contribution is 2.80. The molecule has 1 aliphatic heterocycles. The van der Waals surface area contributed by atoms with Crippen LogP contribution >= 0.6 is 0 Å². The van der Waals surface area contributed by atoms with Gasteiger partial charge in [-0.15, -0.1) is 0 Å². The van der Waals surface area contributed by atoms with Gasteiger partial charge in [-0.1, -0.05) is 25.1 Å². The summed E-state index contributed by atoms with van der Waals surface area (Å²) >= 11 is 0. The van der Waals surface area contributed by atoms with E-state index < -0.39 is 76.5 Å². The summed E-state index contributed by atoms with van der Waals surface area (Å²) in [5, 5.41) is 25.5. The van der Waals surface area contributed by atoms with Gasteiger partial charge in [0, 0.05) is 89.6 Å². The molecule has 0 unspecified atom stereocenters. The highest BCUT2D eigenvalue weighted by atomic mass is 16.6. The Labute approximate surface area is 282 Å². The molecule has 1 saturated heterocycles. The fourth-order valence-corrected chi connectivity index (χ4v) is 12.7. The predicted octanol–water partition coefficient (Wildman–Crippen LogP) is 1.69. The van der Waals surface area contributed by atoms with E-state index in [0.717, 1.165) is 0 Å². The van der Waals surface area contributed by atoms with Crippen LogP contribution in [0.15, 0.2) is 30.3 Å². The molecular weight excluding hydrogens is 622 g/mol. The zero-order chi connectivity index (χ0) is 34.4. The third kappa shape index (κ3) is 4.00. The first kappa shape index (κ1) is 34.3. The minimum atomic E-state index is -1.74. The lowest BCUT2D eigenvalue weighted by Gasteiger charge is -2.70. The number of carbonyl (C=O) groups is 2. The molecule has 1 aromatic rings. The molecule has 5 aliphatic carbocycles. The molecule has 12 heteroatoms. The molecule has 1 aromatic carbocycles. The third-order valence-electron chi connectivity index (χ3n) is 13.5. The standard InChI is InChI=1S/C36H51NO11/c1-8-37-17-33(18-42-4)22(47-19(3)38)15-23(43-5)35-21-16-34(41)30(48-32(40)20-13-11-10-12-14-20)24(21)36(46-9-2,29(39)31(34)45-7)25(28(35)37)26(44-6)27(33)35/h10-14,21-31,39,41H,8-9,15-18H2,1-7H3/t21-,22+,23-,24+,25+,26+,27+,28-,29+,30+,31+,33-,34-,35-,36+/m1/s1. The van der Waals surface area contributed by atoms with Crippen molar-refractivity contribution in [1.29, 1.82) is 0 Å². The molecule has 7 rings (SSSR count). The number of hydrogen-bond acceptors (Lipinski definition) is 12. The Kier molecular flexibility index (Phi) is 8.55. The fraction of sp³-hybridized carbons (Fsp3) is 0.778. The predicted molar refractivity (Wildman–Crippen MR) is 170 cm³/mol. The van der Waals surface area contributed by atoms with Crippen molar-refractivity contribution >= 4 is 11.9 Å². The van der Waals surface area contributed by atoms with Crippen LogP contribution in [0.5, 0.6) is 0 Å². The van der Waals surface area contributed by atoms with Gasteiger partial charge in [-0.3, -0.25) is 9.69 Å². The van der Waals surface area contributed by atoms with Gasteiger partial charge in [-0.25, -0.2) is 4.79 Å². The van der Waals surface area contributed by atoms with Gasteiger partial charge in [0.2, 0.25) is 0 Å². The Morgan fingerprint density at radius 2 is 1.69 bits per heavy atom. The number of likely N-dealkylation sites (tertiary alicyclic amines) is 1. The maximum Gasteiger partial charge on any atom is 0.338 e. The van der Waals surface area contributed by atoms with Crippen molar-refractivity contribution in [2.75, 3.05) is 54.7 Å². The zero-order valence-corrected chi connectivity index (χ0v) is 29.0. The van der Waals surface area contributed by atoms with E-state index >= 15 is 0 Å². The Bertz CT molecular complexity index is 1400. The normalized spacial score (nSPS) is 48.3. The van der Waals surface area contributed by atoms with E-state index in [2.05, 4.69) is 11.8 Å². The van der Waals surface area contributed by atoms with Gasteiger partial charge in [-0.05, 0) is 37.9 Å². The van der Waals surface area contributed by atoms with E-state index in [1.165, 1.54) is 14.0 Å². The number of methoxy groups -OCH3 is 4. The summed E-state index contributed by atoms with van der Waals surface area (Å²) in [6.45, 7) is 7.20. The van der Waals surface area contributed by atoms with Crippen LogP contribution in [-0.2, 0) is 38.0 Å². The van der Waals surface area contributed by atoms with Gasteiger partial charge in [0.25, 0.3) is 0 Å². The van der Waals surface area contributed by atoms with E-state index in [4.69, 9.17) is 33.2 Å². The molecule has 6 fully saturated rings. The summed E-state index contributed by atoms with van der Waals surface area (Å²) in [6, 6.07) is 8.51. The molecule has 15 atom stereocenters. The molecule has 5 saturated carbocycles. The summed E-state index contributed by atoms with van der Waals surface area (Å²) in [5.74, 6) is -2.72. The van der Waals surface area contributed by atoms with Gasteiger partial charge in [0.1, 0.15) is 35.6 Å². The molecule has 1 spiro atoms. The molecule has 2 N–H and O–H groups in total. The summed E-state index contributed by atoms with van der Waals surface area (Å²) < 4.78 is 44.7. The maximum atomic E-state index is 13.8. The number of nitrogens with zero attached hydrogens (tertiary/aromatic N) is 1. The molecule has 0 amide bonds. The fourth-order valence-electron chi connectivity index (χ4n) is 12.7. The van der Waals surface area contributed by atoms with Crippen molar-refractivity contribution < 1.29 is 53.0 Å². The smallest absolute Gasteiger partial charge is 0.338 e. The second kappa shape index (κ2) is 12.0. The van der Waals surface area contributed by atoms with Crippen LogP contribution in [0.3, 0.4) is 0 Å². The molecule has 7 bridgehead atoms. The monoisotopic (exact) mass is 673 g/mol. The molecule has 1 heterocycles. The highest BCUT2D eigenvalue weighted by molar-refractivity contribution is 5.89. The van der Waals surface area contributed by atoms with E-state index in [1.54, 1.807) is 45.6 Å². The number of rotatable bonds is 11. The summed E-state index contributed by atoms with van der Waals surface area (Å²) in [4.78, 5) is 28.9. The summed E-state index contributed by atoms with van der Waals surface area (Å²) in [6.07, 6.45) is -4.37. The van der Waals surface area contributed by atoms with Crippen LogP contribution in [-0.4, -0.2) is 136 Å². The van der Waals surface area contributed by atoms with Crippen LogP contribution in [0.25, 0.3) is 0 Å². The number of aliphatic hydroxyl groups is 2. The lowest BCUT2D eigenvalue weighted by atomic mass is 9.42. The highest BCUT2D eigenvalue weighted by Gasteiger charge is 2.91. The topological polar surface area (TPSA) is 142 Å². The number of carbonyl (C=O) groups excluding carboxylic acids is 2. The SMILES string of the molecule is CCO[C@]12[C@H]3[C@@H](C[C@@](O)([C@H]3OC(=O)c3ccccc3)[C@@H](OC)[C@@H]1O)[C@]13[C@H](OC)C[C@H](OC(C)=O)[C@]4(COC)CN(CC)[C@@H]1[C@@H]2[C@H](OC)[C@@H]43. The number of piperidine rings is 1. The van der Waals surface area contributed by atoms with Crippen molar-refractivity contribution in [3.05, 3.63) is 35.9 Å². The molecule has 266 valence electrons. The van der Waals surface area contributed by atoms with Crippen LogP contribution < -0.4 is 0 Å². The van der Waals surface area contributed by atoms with Crippen LogP contribution in [0, 0.1) is 34.5 Å². The number of aliphatic hydroxyl groups excluding tert-OH is 1. The molecule has 6 aliphatic rings. The van der Waals surface area contributed by atoms with E-state index in [9.17, 15) is 19.8 Å². The van der Waals surface area contributed by atoms with Gasteiger partial charge in [0.15, 0.2) is 0 Å². The number of esters is 2. The first-order valence-electron chi connectivity index (χ1n) is 17.3. The molecule has 0 aromatic heterocycles. The quantitative estimate of drug-likeness (QED) is 0.330. The maximum absolute atomic E-state index is 13.8. The second-order valence-electron chi connectivity index (χ2n) is 14.8. The van der Waals surface area contributed by atoms with Crippen LogP contribution in [0.4, 0.5) is 0 Å². The van der Waals surface area contributed by atoms with Gasteiger partial charge in [0.05, 0.1) is 24.4 Å². The number of benzene rings is 1. The number of fused-ring (bicyclic) bond motifs is 2. The summed E-state index contributed by atoms with van der Waals surface area (Å²) in [5.41, 5.74) is -4.14. The van der Waals surface area contributed by atoms with Crippen LogP contribution in [0.1, 0.15) is 44.0 Å². The molecular formula is C36H51NO11. The van der Waals surface area contributed by atoms with E-state index in [-0.39, 0.29) is 36.9 Å². The number of hydrogen-bond donors (Lipinski definition) is 2.